The molecule has 0 aliphatic carbocycles. The van der Waals surface area contributed by atoms with E-state index in [2.05, 4.69) is 0 Å². The van der Waals surface area contributed by atoms with Gasteiger partial charge in [-0.2, -0.15) is 0 Å². The summed E-state index contributed by atoms with van der Waals surface area (Å²) in [4.78, 5) is 27.6. The predicted molar refractivity (Wildman–Crippen MR) is 127 cm³/mol. The van der Waals surface area contributed by atoms with E-state index < -0.39 is 23.5 Å². The molecular weight excluding hydrogens is 441 g/mol. The van der Waals surface area contributed by atoms with Crippen molar-refractivity contribution in [2.24, 2.45) is 0 Å². The molecule has 4 aromatic carbocycles. The molecule has 0 saturated carbocycles. The Hall–Kier alpha value is -3.96. The number of halogens is 2. The Balaban J connectivity index is 1.79. The van der Waals surface area contributed by atoms with Gasteiger partial charge in [0.25, 0.3) is 11.7 Å². The van der Waals surface area contributed by atoms with Crippen molar-refractivity contribution >= 4 is 45.5 Å². The summed E-state index contributed by atoms with van der Waals surface area (Å²) in [7, 11) is 0. The molecule has 0 bridgehead atoms. The van der Waals surface area contributed by atoms with Crippen LogP contribution in [0.4, 0.5) is 10.1 Å². The number of ketones is 1. The summed E-state index contributed by atoms with van der Waals surface area (Å²) >= 11 is 6.00. The molecule has 1 N–H and O–H groups in total. The smallest absolute Gasteiger partial charge is 0.300 e. The van der Waals surface area contributed by atoms with E-state index in [0.29, 0.717) is 21.7 Å². The minimum absolute atomic E-state index is 0.105. The van der Waals surface area contributed by atoms with Gasteiger partial charge in [-0.25, -0.2) is 4.39 Å². The molecule has 1 saturated heterocycles. The molecule has 0 spiro atoms. The summed E-state index contributed by atoms with van der Waals surface area (Å²) in [5.74, 6) is -2.68. The number of benzene rings is 4. The van der Waals surface area contributed by atoms with E-state index in [-0.39, 0.29) is 16.9 Å². The molecular formula is C27H17ClFNO3. The third-order valence-corrected chi connectivity index (χ3v) is 6.05. The van der Waals surface area contributed by atoms with Crippen molar-refractivity contribution in [1.29, 1.82) is 0 Å². The van der Waals surface area contributed by atoms with Gasteiger partial charge in [0, 0.05) is 21.8 Å². The lowest BCUT2D eigenvalue weighted by molar-refractivity contribution is -0.132. The first-order valence-corrected chi connectivity index (χ1v) is 10.6. The van der Waals surface area contributed by atoms with E-state index in [1.165, 1.54) is 23.1 Å². The van der Waals surface area contributed by atoms with Gasteiger partial charge in [0.15, 0.2) is 0 Å². The van der Waals surface area contributed by atoms with Crippen molar-refractivity contribution in [3.05, 3.63) is 119 Å². The number of anilines is 1. The normalized spacial score (nSPS) is 17.6. The van der Waals surface area contributed by atoms with Crippen LogP contribution in [0.5, 0.6) is 0 Å². The van der Waals surface area contributed by atoms with Gasteiger partial charge in [-0.3, -0.25) is 14.5 Å². The highest BCUT2D eigenvalue weighted by atomic mass is 35.5. The van der Waals surface area contributed by atoms with E-state index in [1.54, 1.807) is 42.5 Å². The third-order valence-electron chi connectivity index (χ3n) is 5.79. The van der Waals surface area contributed by atoms with Crippen molar-refractivity contribution < 1.29 is 19.1 Å². The average molecular weight is 458 g/mol. The maximum atomic E-state index is 15.0. The molecule has 1 atom stereocenters. The van der Waals surface area contributed by atoms with Gasteiger partial charge in [-0.15, -0.1) is 0 Å². The minimum Gasteiger partial charge on any atom is -0.507 e. The van der Waals surface area contributed by atoms with Crippen LogP contribution in [0.25, 0.3) is 16.5 Å². The summed E-state index contributed by atoms with van der Waals surface area (Å²) in [6.45, 7) is 0. The fourth-order valence-corrected chi connectivity index (χ4v) is 4.39. The number of aliphatic hydroxyl groups excluding tert-OH is 1. The molecule has 1 fully saturated rings. The fourth-order valence-electron chi connectivity index (χ4n) is 4.27. The quantitative estimate of drug-likeness (QED) is 0.224. The van der Waals surface area contributed by atoms with E-state index in [1.807, 2.05) is 30.3 Å². The number of rotatable bonds is 3. The molecule has 1 aliphatic rings. The van der Waals surface area contributed by atoms with E-state index in [0.717, 1.165) is 5.39 Å². The van der Waals surface area contributed by atoms with Crippen molar-refractivity contribution in [2.45, 2.75) is 6.04 Å². The molecule has 1 amide bonds. The molecule has 33 heavy (non-hydrogen) atoms. The molecule has 1 unspecified atom stereocenters. The summed E-state index contributed by atoms with van der Waals surface area (Å²) in [6.07, 6.45) is 0. The first-order chi connectivity index (χ1) is 16.0. The Kier molecular flexibility index (Phi) is 5.19. The lowest BCUT2D eigenvalue weighted by atomic mass is 9.93. The van der Waals surface area contributed by atoms with Crippen LogP contribution in [-0.4, -0.2) is 16.8 Å². The summed E-state index contributed by atoms with van der Waals surface area (Å²) in [6, 6.07) is 23.8. The molecule has 162 valence electrons. The van der Waals surface area contributed by atoms with Gasteiger partial charge in [0.2, 0.25) is 0 Å². The summed E-state index contributed by atoms with van der Waals surface area (Å²) in [5.41, 5.74) is 0.695. The monoisotopic (exact) mass is 457 g/mol. The van der Waals surface area contributed by atoms with E-state index in [9.17, 15) is 19.1 Å². The van der Waals surface area contributed by atoms with E-state index >= 15 is 0 Å². The van der Waals surface area contributed by atoms with Gasteiger partial charge >= 0.3 is 0 Å². The Labute approximate surface area is 194 Å². The second kappa shape index (κ2) is 8.19. The van der Waals surface area contributed by atoms with Gasteiger partial charge in [0.1, 0.15) is 11.6 Å². The zero-order chi connectivity index (χ0) is 23.1. The predicted octanol–water partition coefficient (Wildman–Crippen LogP) is 6.26. The van der Waals surface area contributed by atoms with Crippen LogP contribution in [0.2, 0.25) is 5.02 Å². The van der Waals surface area contributed by atoms with Crippen LogP contribution in [0.1, 0.15) is 17.2 Å². The highest BCUT2D eigenvalue weighted by Crippen LogP contribution is 2.43. The minimum atomic E-state index is -1.15. The van der Waals surface area contributed by atoms with Crippen molar-refractivity contribution in [3.63, 3.8) is 0 Å². The van der Waals surface area contributed by atoms with Crippen LogP contribution in [0.15, 0.2) is 96.6 Å². The molecule has 0 aromatic heterocycles. The topological polar surface area (TPSA) is 57.6 Å². The molecule has 5 rings (SSSR count). The van der Waals surface area contributed by atoms with Crippen LogP contribution >= 0.6 is 11.6 Å². The Morgan fingerprint density at radius 1 is 0.848 bits per heavy atom. The molecule has 6 heteroatoms. The molecule has 1 heterocycles. The molecule has 4 nitrogen and oxygen atoms in total. The first kappa shape index (κ1) is 20.9. The number of nitrogens with zero attached hydrogens (tertiary/aromatic N) is 1. The number of Topliss-reactive ketones (excluding diaryl/α,β-unsaturated/α-hetero) is 1. The highest BCUT2D eigenvalue weighted by Gasteiger charge is 2.47. The molecule has 1 aliphatic heterocycles. The second-order valence-electron chi connectivity index (χ2n) is 7.69. The Bertz CT molecular complexity index is 1440. The van der Waals surface area contributed by atoms with Crippen molar-refractivity contribution in [3.8, 4) is 0 Å². The second-order valence-corrected chi connectivity index (χ2v) is 8.13. The maximum Gasteiger partial charge on any atom is 0.300 e. The zero-order valence-corrected chi connectivity index (χ0v) is 18.0. The lowest BCUT2D eigenvalue weighted by Crippen LogP contribution is -2.29. The number of hydrogen-bond acceptors (Lipinski definition) is 3. The van der Waals surface area contributed by atoms with Gasteiger partial charge < -0.3 is 5.11 Å². The third kappa shape index (κ3) is 3.47. The largest absolute Gasteiger partial charge is 0.507 e. The Morgan fingerprint density at radius 3 is 2.27 bits per heavy atom. The zero-order valence-electron chi connectivity index (χ0n) is 17.2. The van der Waals surface area contributed by atoms with Crippen LogP contribution in [0.3, 0.4) is 0 Å². The Morgan fingerprint density at radius 2 is 1.52 bits per heavy atom. The SMILES string of the molecule is O=C1C(=O)N(c2ccc(Cl)cc2)C(c2ccccc2F)/C1=C(\O)c1cccc2ccccc12. The number of aliphatic hydroxyl groups is 1. The van der Waals surface area contributed by atoms with Crippen LogP contribution in [-0.2, 0) is 9.59 Å². The average Bonchev–Trinajstić information content (AvgIpc) is 3.09. The number of carbonyl (C=O) groups excluding carboxylic acids is 2. The van der Waals surface area contributed by atoms with Crippen molar-refractivity contribution in [2.75, 3.05) is 4.90 Å². The first-order valence-electron chi connectivity index (χ1n) is 10.3. The number of hydrogen-bond donors (Lipinski definition) is 1. The highest BCUT2D eigenvalue weighted by molar-refractivity contribution is 6.52. The van der Waals surface area contributed by atoms with Crippen LogP contribution in [0, 0.1) is 5.82 Å². The number of amides is 1. The number of carbonyl (C=O) groups is 2. The van der Waals surface area contributed by atoms with Gasteiger partial charge in [0.05, 0.1) is 11.6 Å². The standard InChI is InChI=1S/C27H17ClFNO3/c28-17-12-14-18(15-13-17)30-24(21-9-3-4-11-22(21)29)23(26(32)27(30)33)25(31)20-10-5-7-16-6-1-2-8-19(16)20/h1-15,24,31H/b25-23+. The maximum absolute atomic E-state index is 15.0. The van der Waals surface area contributed by atoms with Gasteiger partial charge in [-0.05, 0) is 41.1 Å². The van der Waals surface area contributed by atoms with Gasteiger partial charge in [-0.1, -0.05) is 72.3 Å². The summed E-state index contributed by atoms with van der Waals surface area (Å²) in [5, 5.41) is 13.4. The number of fused-ring (bicyclic) bond motifs is 1. The molecule has 4 aromatic rings. The summed E-state index contributed by atoms with van der Waals surface area (Å²) < 4.78 is 15.0. The molecule has 0 radical (unpaired) electrons. The van der Waals surface area contributed by atoms with Crippen LogP contribution < -0.4 is 4.90 Å². The lowest BCUT2D eigenvalue weighted by Gasteiger charge is -2.26. The fraction of sp³-hybridized carbons (Fsp3) is 0.0370. The van der Waals surface area contributed by atoms with E-state index in [4.69, 9.17) is 11.6 Å². The van der Waals surface area contributed by atoms with Crippen molar-refractivity contribution in [1.82, 2.24) is 0 Å².